The molecule has 4 heteroatoms. The molecule has 0 bridgehead atoms. The molecule has 0 heterocycles. The van der Waals surface area contributed by atoms with E-state index in [4.69, 9.17) is 4.47 Å². The Hall–Kier alpha value is 0.942. The Morgan fingerprint density at radius 2 is 1.50 bits per heavy atom. The number of halogens is 1. The fraction of sp³-hybridized carbons (Fsp3) is 0. The van der Waals surface area contributed by atoms with Crippen molar-refractivity contribution in [3.05, 3.63) is 0 Å². The topological polar surface area (TPSA) is 34.1 Å². The van der Waals surface area contributed by atoms with Crippen LogP contribution in [0.3, 0.4) is 0 Å². The molecule has 0 spiro atoms. The third kappa shape index (κ3) is 12.5. The van der Waals surface area contributed by atoms with Gasteiger partial charge in [0.1, 0.15) is 0 Å². The van der Waals surface area contributed by atoms with Crippen LogP contribution < -0.4 is 0 Å². The molecule has 0 amide bonds. The Morgan fingerprint density at radius 3 is 1.50 bits per heavy atom. The van der Waals surface area contributed by atoms with Gasteiger partial charge in [-0.2, -0.15) is 0 Å². The normalized spacial score (nSPS) is 6.25. The maximum atomic E-state index is 8.96. The van der Waals surface area contributed by atoms with Crippen molar-refractivity contribution in [3.8, 4) is 0 Å². The van der Waals surface area contributed by atoms with Crippen LogP contribution in [0.2, 0.25) is 0 Å². The van der Waals surface area contributed by atoms with Gasteiger partial charge in [0, 0.05) is 0 Å². The van der Waals surface area contributed by atoms with Crippen LogP contribution in [0.1, 0.15) is 0 Å². The van der Waals surface area contributed by atoms with Crippen LogP contribution in [0.5, 0.6) is 0 Å². The predicted molar refractivity (Wildman–Crippen MR) is 7.23 cm³/mol. The van der Waals surface area contributed by atoms with Gasteiger partial charge in [-0.3, -0.25) is 0 Å². The first-order chi connectivity index (χ1) is 1.73. The summed E-state index contributed by atoms with van der Waals surface area (Å²) in [6.45, 7) is 0. The third-order valence-corrected chi connectivity index (χ3v) is 0. The van der Waals surface area contributed by atoms with Crippen LogP contribution in [-0.2, 0) is 4.47 Å². The summed E-state index contributed by atoms with van der Waals surface area (Å²) in [5, 5.41) is 0. The zero-order chi connectivity index (χ0) is 3.58. The van der Waals surface area contributed by atoms with Gasteiger partial charge in [-0.15, -0.1) is 0 Å². The Kier molecular flexibility index (Phi) is 2.71. The van der Waals surface area contributed by atoms with E-state index < -0.39 is 24.8 Å². The monoisotopic (exact) mass is 305 g/mol. The molecule has 0 aromatic heterocycles. The van der Waals surface area contributed by atoms with E-state index in [1.165, 1.54) is 0 Å². The first-order valence-electron chi connectivity index (χ1n) is 0.597. The zero-order valence-electron chi connectivity index (χ0n) is 1.69. The second kappa shape index (κ2) is 2.20. The van der Waals surface area contributed by atoms with Crippen molar-refractivity contribution in [2.24, 2.45) is 0 Å². The fourth-order valence-electron chi connectivity index (χ4n) is 0. The summed E-state index contributed by atoms with van der Waals surface area (Å²) in [5.74, 6) is 0. The molecule has 23 valence electrons. The molecule has 4 heavy (non-hydrogen) atoms. The molecule has 0 aliphatic carbocycles. The summed E-state index contributed by atoms with van der Waals surface area (Å²) in [6.07, 6.45) is 0. The van der Waals surface area contributed by atoms with Crippen molar-refractivity contribution in [1.29, 1.82) is 0 Å². The van der Waals surface area contributed by atoms with Crippen LogP contribution >= 0.6 is 7.62 Å². The molecule has 0 aromatic rings. The van der Waals surface area contributed by atoms with E-state index in [0.717, 1.165) is 0 Å². The fourth-order valence-corrected chi connectivity index (χ4v) is 0. The molecule has 0 rings (SSSR count). The molecule has 0 N–H and O–H groups in total. The summed E-state index contributed by atoms with van der Waals surface area (Å²) >= 11 is -3.75. The maximum absolute atomic E-state index is 8.96. The molecular weight excluding hydrogens is 305 g/mol. The van der Waals surface area contributed by atoms with E-state index in [9.17, 15) is 0 Å². The average molecular weight is 305 g/mol. The van der Waals surface area contributed by atoms with E-state index in [0.29, 0.717) is 0 Å². The molecule has 0 saturated heterocycles. The molecule has 2 nitrogen and oxygen atoms in total. The average Bonchev–Trinajstić information content (AvgIpc) is 0.811. The Labute approximate surface area is 36.8 Å². The van der Waals surface area contributed by atoms with Gasteiger partial charge in [-0.05, 0) is 0 Å². The standard InChI is InChI=1S/ClH.2O.U/h1H;;;/q;;;+1/p-1. The second-order valence-electron chi connectivity index (χ2n) is 0.238. The van der Waals surface area contributed by atoms with Gasteiger partial charge in [-0.25, -0.2) is 0 Å². The molecule has 0 aliphatic rings. The molecule has 0 atom stereocenters. The van der Waals surface area contributed by atoms with Crippen molar-refractivity contribution in [1.82, 2.24) is 0 Å². The first-order valence-corrected chi connectivity index (χ1v) is 9.10. The molecule has 0 fully saturated rings. The van der Waals surface area contributed by atoms with E-state index in [2.05, 4.69) is 7.62 Å². The van der Waals surface area contributed by atoms with Crippen LogP contribution in [0, 0.1) is 24.8 Å². The second-order valence-corrected chi connectivity index (χ2v) is 5.10. The van der Waals surface area contributed by atoms with Crippen molar-refractivity contribution < 1.29 is 29.3 Å². The van der Waals surface area contributed by atoms with Crippen LogP contribution in [0.15, 0.2) is 0 Å². The van der Waals surface area contributed by atoms with E-state index >= 15 is 0 Å². The molecule has 0 aromatic carbocycles. The molecule has 0 unspecified atom stereocenters. The number of hydrogen-bond acceptors (Lipinski definition) is 2. The van der Waals surface area contributed by atoms with Gasteiger partial charge in [0.05, 0.1) is 0 Å². The summed E-state index contributed by atoms with van der Waals surface area (Å²) in [6, 6.07) is 0. The minimum absolute atomic E-state index is 3.75. The quantitative estimate of drug-likeness (QED) is 0.651. The first kappa shape index (κ1) is 4.94. The van der Waals surface area contributed by atoms with Crippen molar-refractivity contribution in [2.45, 2.75) is 0 Å². The predicted octanol–water partition coefficient (Wildman–Crippen LogP) is 0.452. The van der Waals surface area contributed by atoms with Gasteiger partial charge < -0.3 is 0 Å². The van der Waals surface area contributed by atoms with Gasteiger partial charge in [0.25, 0.3) is 0 Å². The van der Waals surface area contributed by atoms with Gasteiger partial charge >= 0.3 is 36.9 Å². The Bertz CT molecular complexity index is 54.4. The molecule has 0 saturated carbocycles. The zero-order valence-corrected chi connectivity index (χ0v) is 6.61. The summed E-state index contributed by atoms with van der Waals surface area (Å²) in [5.41, 5.74) is 0. The van der Waals surface area contributed by atoms with E-state index in [1.807, 2.05) is 0 Å². The van der Waals surface area contributed by atoms with E-state index in [-0.39, 0.29) is 0 Å². The summed E-state index contributed by atoms with van der Waals surface area (Å²) in [4.78, 5) is 0. The minimum atomic E-state index is -3.75. The van der Waals surface area contributed by atoms with Gasteiger partial charge in [0.15, 0.2) is 0 Å². The van der Waals surface area contributed by atoms with Crippen LogP contribution in [0.4, 0.5) is 0 Å². The third-order valence-electron chi connectivity index (χ3n) is 0. The molecular formula is ClO2U. The number of rotatable bonds is 0. The molecule has 0 aliphatic heterocycles. The van der Waals surface area contributed by atoms with Crippen molar-refractivity contribution in [3.63, 3.8) is 0 Å². The number of hydrogen-bond donors (Lipinski definition) is 0. The Balaban J connectivity index is 3.51. The Morgan fingerprint density at radius 1 is 1.50 bits per heavy atom. The van der Waals surface area contributed by atoms with E-state index in [1.54, 1.807) is 0 Å². The summed E-state index contributed by atoms with van der Waals surface area (Å²) in [7, 11) is 4.39. The SMILES string of the molecule is [O]=[U](=[O])[Cl]. The van der Waals surface area contributed by atoms with Crippen LogP contribution in [0.25, 0.3) is 0 Å². The van der Waals surface area contributed by atoms with Gasteiger partial charge in [-0.1, -0.05) is 0 Å². The van der Waals surface area contributed by atoms with Crippen molar-refractivity contribution in [2.75, 3.05) is 0 Å². The molecule has 0 radical (unpaired) electrons. The van der Waals surface area contributed by atoms with Crippen LogP contribution in [-0.4, -0.2) is 0 Å². The van der Waals surface area contributed by atoms with Gasteiger partial charge in [0.2, 0.25) is 0 Å². The summed E-state index contributed by atoms with van der Waals surface area (Å²) < 4.78 is 17.9. The van der Waals surface area contributed by atoms with Crippen molar-refractivity contribution >= 4 is 7.62 Å².